The van der Waals surface area contributed by atoms with E-state index in [9.17, 15) is 56.4 Å². The first-order valence-electron chi connectivity index (χ1n) is 34.2. The van der Waals surface area contributed by atoms with Crippen LogP contribution in [0.4, 0.5) is 0 Å². The van der Waals surface area contributed by atoms with Crippen LogP contribution in [0.2, 0.25) is 0 Å². The van der Waals surface area contributed by atoms with E-state index in [0.29, 0.717) is 109 Å². The van der Waals surface area contributed by atoms with E-state index in [-0.39, 0.29) is 160 Å². The van der Waals surface area contributed by atoms with Gasteiger partial charge in [-0.05, 0) is 162 Å². The van der Waals surface area contributed by atoms with E-state index in [1.54, 1.807) is 13.8 Å². The summed E-state index contributed by atoms with van der Waals surface area (Å²) in [5.41, 5.74) is -6.83. The maximum absolute atomic E-state index is 12.7. The first-order chi connectivity index (χ1) is 42.9. The highest BCUT2D eigenvalue weighted by Gasteiger charge is 2.67. The summed E-state index contributed by atoms with van der Waals surface area (Å²) >= 11 is 0. The molecule has 16 aliphatic rings. The van der Waals surface area contributed by atoms with Gasteiger partial charge in [-0.3, -0.25) is 52.7 Å². The van der Waals surface area contributed by atoms with Gasteiger partial charge in [-0.15, -0.1) is 0 Å². The quantitative estimate of drug-likeness (QED) is 0.0757. The zero-order valence-corrected chi connectivity index (χ0v) is 58.7. The van der Waals surface area contributed by atoms with Gasteiger partial charge in [0.15, 0.2) is 0 Å². The molecule has 8 heterocycles. The van der Waals surface area contributed by atoms with Crippen LogP contribution >= 0.6 is 0 Å². The van der Waals surface area contributed by atoms with Crippen LogP contribution in [0.25, 0.3) is 0 Å². The van der Waals surface area contributed by atoms with Gasteiger partial charge in [-0.25, -0.2) is 8.42 Å². The summed E-state index contributed by atoms with van der Waals surface area (Å²) in [7, 11) is -3.84. The van der Waals surface area contributed by atoms with Gasteiger partial charge in [0.05, 0.1) is 50.6 Å². The van der Waals surface area contributed by atoms with Crippen molar-refractivity contribution in [3.63, 3.8) is 0 Å². The Kier molecular flexibility index (Phi) is 29.8. The highest BCUT2D eigenvalue weighted by atomic mass is 32.2. The Balaban J connectivity index is 0.000000658. The van der Waals surface area contributed by atoms with Crippen molar-refractivity contribution >= 4 is 70.7 Å². The van der Waals surface area contributed by atoms with E-state index in [1.807, 2.05) is 80.9 Å². The van der Waals surface area contributed by atoms with Crippen LogP contribution in [-0.4, -0.2) is 127 Å². The van der Waals surface area contributed by atoms with E-state index in [2.05, 4.69) is 13.8 Å². The summed E-state index contributed by atoms with van der Waals surface area (Å²) < 4.78 is 78.1. The lowest BCUT2D eigenvalue weighted by atomic mass is 9.53. The molecule has 22 nitrogen and oxygen atoms in total. The Hall–Kier alpha value is -5.35. The van der Waals surface area contributed by atoms with Crippen molar-refractivity contribution in [3.8, 4) is 0 Å². The number of rotatable bonds is 18. The van der Waals surface area contributed by atoms with Crippen molar-refractivity contribution in [1.82, 2.24) is 4.72 Å². The Labute approximate surface area is 608 Å². The first-order valence-corrected chi connectivity index (χ1v) is 35.8. The third-order valence-corrected chi connectivity index (χ3v) is 25.4. The van der Waals surface area contributed by atoms with Gasteiger partial charge in [0, 0.05) is 70.6 Å². The molecule has 1 N–H and O–H groups in total. The molecule has 8 aliphatic carbocycles. The van der Waals surface area contributed by atoms with E-state index in [0.717, 1.165) is 51.4 Å². The molecule has 23 heteroatoms. The molecule has 8 saturated heterocycles. The van der Waals surface area contributed by atoms with Crippen molar-refractivity contribution in [2.75, 3.05) is 5.75 Å². The highest BCUT2D eigenvalue weighted by Crippen LogP contribution is 2.64. The van der Waals surface area contributed by atoms with Crippen LogP contribution in [0.3, 0.4) is 0 Å². The summed E-state index contributed by atoms with van der Waals surface area (Å²) in [6, 6.07) is 0. The van der Waals surface area contributed by atoms with E-state index < -0.39 is 82.5 Å². The van der Waals surface area contributed by atoms with Gasteiger partial charge < -0.3 is 42.6 Å². The number of sulfonamides is 1. The molecule has 16 atom stereocenters. The SMILES string of the molecule is C.C.C.C.C.C.C.C.CCC(C)(C)C(=O)OC12CC3CC(C)(C1)CC(C)(C2)C(=O)O3.CCC(C)(C)C(=O)OC12CC3CC(C)(CC(C1)C(=O)O3)C2.CCC(C)(C)C(=O)OC12CC3CC(CS(=O)(=O)NC=O)(CC(C1)C(=O)O3)C2.CCC(C)(C)C(=O)OC12CC3CC(OC=O)(CC(C1)C(=O)O3)C2. The molecule has 586 valence electrons. The molecule has 0 aromatic rings. The summed E-state index contributed by atoms with van der Waals surface area (Å²) in [6.45, 7) is 29.7. The van der Waals surface area contributed by atoms with Crippen LogP contribution in [0.15, 0.2) is 0 Å². The molecular weight excluding hydrogens is 1320 g/mol. The van der Waals surface area contributed by atoms with Crippen LogP contribution < -0.4 is 4.72 Å². The molecule has 16 rings (SSSR count). The van der Waals surface area contributed by atoms with Crippen molar-refractivity contribution in [1.29, 1.82) is 0 Å². The summed E-state index contributed by atoms with van der Waals surface area (Å²) in [5.74, 6) is -2.98. The molecule has 0 spiro atoms. The standard InChI is InChI=1S/C18H27NO7S.C18H28O4.C17H24O6.C17H26O4.8CH4/c1-4-16(2,3)15(22)26-18-6-12-5-17(9-18,10-27(23,24)19-11-20)7-13(8-18)25-14(12)21;1-6-15(2,3)13(19)22-18-8-12-7-16(4,10-18)9-17(5,11-18)14(20)21-12;1-4-15(2,3)14(20)23-17-6-11-5-16(9-17,21-10-18)7-12(8-17)22-13(11)19;1-5-15(2,3)14(19)21-17-7-11-6-16(4,10-17)8-12(9-17)20-13(11)18;;;;;;;;/h11-13H,4-10H2,1-3H3,(H,19,20);12H,6-11H2,1-5H3;10-12H,4-9H2,1-3H3;11-12H,5-10H2,1-4H3;8*1H4. The Morgan fingerprint density at radius 2 is 0.762 bits per heavy atom. The summed E-state index contributed by atoms with van der Waals surface area (Å²) in [5, 5.41) is 0. The molecule has 0 aromatic carbocycles. The van der Waals surface area contributed by atoms with Gasteiger partial charge in [-0.1, -0.05) is 101 Å². The molecule has 0 radical (unpaired) electrons. The minimum atomic E-state index is -3.84. The second-order valence-electron chi connectivity index (χ2n) is 34.5. The molecule has 1 amide bonds. The Morgan fingerprint density at radius 3 is 1.20 bits per heavy atom. The van der Waals surface area contributed by atoms with Crippen molar-refractivity contribution < 1.29 is 99.0 Å². The fourth-order valence-corrected chi connectivity index (χ4v) is 20.1. The third kappa shape index (κ3) is 19.4. The molecule has 8 aliphatic heterocycles. The molecule has 16 fully saturated rings. The first kappa shape index (κ1) is 93.7. The minimum Gasteiger partial charge on any atom is -0.462 e. The average molecular weight is 1460 g/mol. The van der Waals surface area contributed by atoms with Crippen molar-refractivity contribution in [3.05, 3.63) is 0 Å². The van der Waals surface area contributed by atoms with E-state index in [4.69, 9.17) is 42.6 Å². The lowest BCUT2D eigenvalue weighted by molar-refractivity contribution is -0.208. The molecule has 8 saturated carbocycles. The number of hydrogen-bond acceptors (Lipinski definition) is 21. The second-order valence-corrected chi connectivity index (χ2v) is 36.3. The monoisotopic (exact) mass is 1460 g/mol. The van der Waals surface area contributed by atoms with E-state index in [1.165, 1.54) is 0 Å². The van der Waals surface area contributed by atoms with Gasteiger partial charge in [0.1, 0.15) is 52.4 Å². The molecule has 0 aromatic heterocycles. The number of fused-ring (bicyclic) bond motifs is 4. The van der Waals surface area contributed by atoms with Crippen LogP contribution in [0.1, 0.15) is 317 Å². The number of esters is 8. The van der Waals surface area contributed by atoms with Gasteiger partial charge in [0.2, 0.25) is 16.4 Å². The number of carbonyl (C=O) groups is 10. The fourth-order valence-electron chi connectivity index (χ4n) is 18.8. The van der Waals surface area contributed by atoms with Gasteiger partial charge >= 0.3 is 47.8 Å². The smallest absolute Gasteiger partial charge is 0.312 e. The maximum atomic E-state index is 12.7. The van der Waals surface area contributed by atoms with Crippen LogP contribution in [0, 0.1) is 61.1 Å². The normalized spacial score (nSPS) is 36.4. The lowest BCUT2D eigenvalue weighted by Crippen LogP contribution is -2.58. The lowest BCUT2D eigenvalue weighted by Gasteiger charge is -2.54. The maximum Gasteiger partial charge on any atom is 0.312 e. The predicted octanol–water partition coefficient (Wildman–Crippen LogP) is 15.4. The van der Waals surface area contributed by atoms with Gasteiger partial charge in [-0.2, -0.15) is 0 Å². The van der Waals surface area contributed by atoms with Crippen LogP contribution in [-0.2, 0) is 101 Å². The predicted molar refractivity (Wildman–Crippen MR) is 387 cm³/mol. The second kappa shape index (κ2) is 32.2. The summed E-state index contributed by atoms with van der Waals surface area (Å²) in [4.78, 5) is 121. The largest absolute Gasteiger partial charge is 0.462 e. The molecule has 101 heavy (non-hydrogen) atoms. The topological polar surface area (TPSA) is 300 Å². The Bertz CT molecular complexity index is 3120. The number of carbonyl (C=O) groups excluding carboxylic acids is 10. The number of amides is 1. The molecule has 16 unspecified atom stereocenters. The fraction of sp³-hybridized carbons (Fsp3) is 0.872. The number of nitrogens with one attached hydrogen (secondary N) is 1. The number of ether oxygens (including phenoxy) is 9. The average Bonchev–Trinajstić information content (AvgIpc) is 1.68. The minimum absolute atomic E-state index is 0. The number of hydrogen-bond donors (Lipinski definition) is 1. The third-order valence-electron chi connectivity index (χ3n) is 24.0. The molecule has 16 bridgehead atoms. The van der Waals surface area contributed by atoms with Crippen molar-refractivity contribution in [2.24, 2.45) is 61.1 Å². The highest BCUT2D eigenvalue weighted by molar-refractivity contribution is 7.90. The van der Waals surface area contributed by atoms with Crippen LogP contribution in [0.5, 0.6) is 0 Å². The van der Waals surface area contributed by atoms with E-state index >= 15 is 0 Å². The molecular formula is C78H137NO21S. The van der Waals surface area contributed by atoms with Crippen molar-refractivity contribution in [2.45, 2.75) is 370 Å². The van der Waals surface area contributed by atoms with Gasteiger partial charge in [0.25, 0.3) is 6.47 Å². The zero-order chi connectivity index (χ0) is 68.8. The zero-order valence-electron chi connectivity index (χ0n) is 57.9. The Morgan fingerprint density at radius 1 is 0.426 bits per heavy atom. The summed E-state index contributed by atoms with van der Waals surface area (Å²) in [6.07, 6.45) is 13.9.